The average molecular weight is 348 g/mol. The number of nitrogens with zero attached hydrogens (tertiary/aromatic N) is 4. The van der Waals surface area contributed by atoms with E-state index in [1.54, 1.807) is 4.68 Å². The number of aryl methyl sites for hydroxylation is 2. The zero-order valence-corrected chi connectivity index (χ0v) is 15.4. The summed E-state index contributed by atoms with van der Waals surface area (Å²) in [5, 5.41) is 13.8. The van der Waals surface area contributed by atoms with E-state index in [1.807, 2.05) is 30.0 Å². The van der Waals surface area contributed by atoms with Crippen molar-refractivity contribution in [2.24, 2.45) is 12.5 Å². The molecule has 2 fully saturated rings. The summed E-state index contributed by atoms with van der Waals surface area (Å²) in [6.07, 6.45) is 4.31. The number of aliphatic carboxylic acids is 1. The first-order chi connectivity index (χ1) is 11.8. The van der Waals surface area contributed by atoms with Crippen LogP contribution in [-0.4, -0.2) is 69.3 Å². The minimum atomic E-state index is -0.740. The average Bonchev–Trinajstić information content (AvgIpc) is 3.08. The van der Waals surface area contributed by atoms with Crippen molar-refractivity contribution in [2.75, 3.05) is 26.7 Å². The maximum atomic E-state index is 12.8. The Morgan fingerprint density at radius 3 is 2.56 bits per heavy atom. The Morgan fingerprint density at radius 1 is 1.32 bits per heavy atom. The molecule has 1 N–H and O–H groups in total. The van der Waals surface area contributed by atoms with Crippen LogP contribution in [0, 0.1) is 5.41 Å². The SMILES string of the molecule is CCCc1cc(C(=O)N2CCC3(CC2)CC(C(=O)O)N(C)C3)n(C)n1. The van der Waals surface area contributed by atoms with Crippen LogP contribution in [0.3, 0.4) is 0 Å². The molecule has 1 aromatic rings. The maximum absolute atomic E-state index is 12.8. The van der Waals surface area contributed by atoms with Gasteiger partial charge in [-0.05, 0) is 44.2 Å². The fourth-order valence-corrected chi connectivity index (χ4v) is 4.36. The standard InChI is InChI=1S/C18H28N4O3/c1-4-5-13-10-14(21(3)19-13)16(23)22-8-6-18(7-9-22)11-15(17(24)25)20(2)12-18/h10,15H,4-9,11-12H2,1-3H3,(H,24,25). The molecule has 0 bridgehead atoms. The van der Waals surface area contributed by atoms with Gasteiger partial charge in [-0.1, -0.05) is 13.3 Å². The third-order valence-electron chi connectivity index (χ3n) is 5.80. The van der Waals surface area contributed by atoms with Crippen LogP contribution in [-0.2, 0) is 18.3 Å². The fourth-order valence-electron chi connectivity index (χ4n) is 4.36. The molecule has 2 saturated heterocycles. The van der Waals surface area contributed by atoms with Crippen LogP contribution in [0.15, 0.2) is 6.07 Å². The Balaban J connectivity index is 1.64. The van der Waals surface area contributed by atoms with Crippen molar-refractivity contribution in [2.45, 2.75) is 45.1 Å². The molecule has 1 spiro atoms. The number of likely N-dealkylation sites (N-methyl/N-ethyl adjacent to an activating group) is 1. The Bertz CT molecular complexity index is 661. The first-order valence-electron chi connectivity index (χ1n) is 9.10. The van der Waals surface area contributed by atoms with Gasteiger partial charge in [-0.25, -0.2) is 0 Å². The number of piperidine rings is 1. The molecule has 7 nitrogen and oxygen atoms in total. The van der Waals surface area contributed by atoms with Crippen molar-refractivity contribution < 1.29 is 14.7 Å². The molecule has 1 atom stereocenters. The van der Waals surface area contributed by atoms with E-state index in [9.17, 15) is 14.7 Å². The van der Waals surface area contributed by atoms with Crippen molar-refractivity contribution in [3.05, 3.63) is 17.5 Å². The molecule has 1 unspecified atom stereocenters. The van der Waals surface area contributed by atoms with Crippen molar-refractivity contribution in [1.82, 2.24) is 19.6 Å². The Hall–Kier alpha value is -1.89. The highest BCUT2D eigenvalue weighted by Gasteiger charge is 2.47. The molecule has 2 aliphatic heterocycles. The van der Waals surface area contributed by atoms with Gasteiger partial charge in [0.25, 0.3) is 5.91 Å². The molecule has 0 radical (unpaired) electrons. The molecule has 3 heterocycles. The van der Waals surface area contributed by atoms with Crippen LogP contribution in [0.4, 0.5) is 0 Å². The number of rotatable bonds is 4. The number of hydrogen-bond acceptors (Lipinski definition) is 4. The van der Waals surface area contributed by atoms with Gasteiger partial charge in [0.15, 0.2) is 0 Å². The van der Waals surface area contributed by atoms with E-state index in [1.165, 1.54) is 0 Å². The second kappa shape index (κ2) is 6.78. The van der Waals surface area contributed by atoms with Crippen LogP contribution in [0.2, 0.25) is 0 Å². The van der Waals surface area contributed by atoms with Gasteiger partial charge in [-0.15, -0.1) is 0 Å². The van der Waals surface area contributed by atoms with Gasteiger partial charge in [-0.3, -0.25) is 19.2 Å². The van der Waals surface area contributed by atoms with E-state index < -0.39 is 12.0 Å². The minimum Gasteiger partial charge on any atom is -0.480 e. The number of carboxylic acids is 1. The highest BCUT2D eigenvalue weighted by Crippen LogP contribution is 2.43. The summed E-state index contributed by atoms with van der Waals surface area (Å²) in [7, 11) is 3.71. The molecule has 2 aliphatic rings. The molecular weight excluding hydrogens is 320 g/mol. The van der Waals surface area contributed by atoms with E-state index in [-0.39, 0.29) is 11.3 Å². The lowest BCUT2D eigenvalue weighted by atomic mass is 9.76. The van der Waals surface area contributed by atoms with Crippen LogP contribution >= 0.6 is 0 Å². The number of hydrogen-bond donors (Lipinski definition) is 1. The van der Waals surface area contributed by atoms with Crippen molar-refractivity contribution in [1.29, 1.82) is 0 Å². The van der Waals surface area contributed by atoms with Gasteiger partial charge >= 0.3 is 5.97 Å². The van der Waals surface area contributed by atoms with Crippen LogP contribution < -0.4 is 0 Å². The summed E-state index contributed by atoms with van der Waals surface area (Å²) in [6, 6.07) is 1.51. The first-order valence-corrected chi connectivity index (χ1v) is 9.10. The summed E-state index contributed by atoms with van der Waals surface area (Å²) in [5.41, 5.74) is 1.64. The first kappa shape index (κ1) is 17.9. The predicted octanol–water partition coefficient (Wildman–Crippen LogP) is 1.38. The zero-order valence-electron chi connectivity index (χ0n) is 15.4. The molecule has 3 rings (SSSR count). The van der Waals surface area contributed by atoms with Crippen LogP contribution in [0.25, 0.3) is 0 Å². The van der Waals surface area contributed by atoms with Crippen molar-refractivity contribution in [3.8, 4) is 0 Å². The largest absolute Gasteiger partial charge is 0.480 e. The van der Waals surface area contributed by atoms with E-state index in [0.717, 1.165) is 37.9 Å². The van der Waals surface area contributed by atoms with Gasteiger partial charge in [0, 0.05) is 26.7 Å². The Labute approximate surface area is 148 Å². The lowest BCUT2D eigenvalue weighted by Crippen LogP contribution is -2.44. The lowest BCUT2D eigenvalue weighted by molar-refractivity contribution is -0.141. The van der Waals surface area contributed by atoms with Gasteiger partial charge in [0.2, 0.25) is 0 Å². The number of aromatic nitrogens is 2. The number of carbonyl (C=O) groups excluding carboxylic acids is 1. The molecule has 0 aromatic carbocycles. The summed E-state index contributed by atoms with van der Waals surface area (Å²) < 4.78 is 1.68. The molecule has 1 aromatic heterocycles. The van der Waals surface area contributed by atoms with Gasteiger partial charge in [0.05, 0.1) is 5.69 Å². The summed E-state index contributed by atoms with van der Waals surface area (Å²) in [6.45, 7) is 4.28. The summed E-state index contributed by atoms with van der Waals surface area (Å²) in [4.78, 5) is 28.0. The van der Waals surface area contributed by atoms with Gasteiger partial charge < -0.3 is 10.0 Å². The van der Waals surface area contributed by atoms with E-state index in [0.29, 0.717) is 25.2 Å². The summed E-state index contributed by atoms with van der Waals surface area (Å²) in [5.74, 6) is -0.704. The second-order valence-electron chi connectivity index (χ2n) is 7.66. The van der Waals surface area contributed by atoms with Gasteiger partial charge in [-0.2, -0.15) is 5.10 Å². The second-order valence-corrected chi connectivity index (χ2v) is 7.66. The highest BCUT2D eigenvalue weighted by atomic mass is 16.4. The molecule has 25 heavy (non-hydrogen) atoms. The third-order valence-corrected chi connectivity index (χ3v) is 5.80. The van der Waals surface area contributed by atoms with E-state index in [2.05, 4.69) is 12.0 Å². The normalized spacial score (nSPS) is 23.3. The van der Waals surface area contributed by atoms with Crippen molar-refractivity contribution in [3.63, 3.8) is 0 Å². The van der Waals surface area contributed by atoms with E-state index >= 15 is 0 Å². The quantitative estimate of drug-likeness (QED) is 0.889. The summed E-state index contributed by atoms with van der Waals surface area (Å²) >= 11 is 0. The Kier molecular flexibility index (Phi) is 4.86. The van der Waals surface area contributed by atoms with Crippen LogP contribution in [0.5, 0.6) is 0 Å². The molecule has 0 saturated carbocycles. The highest BCUT2D eigenvalue weighted by molar-refractivity contribution is 5.92. The number of likely N-dealkylation sites (tertiary alicyclic amines) is 2. The molecule has 7 heteroatoms. The van der Waals surface area contributed by atoms with E-state index in [4.69, 9.17) is 0 Å². The third kappa shape index (κ3) is 3.42. The molecule has 138 valence electrons. The van der Waals surface area contributed by atoms with Crippen LogP contribution in [0.1, 0.15) is 48.8 Å². The molecule has 0 aliphatic carbocycles. The predicted molar refractivity (Wildman–Crippen MR) is 93.4 cm³/mol. The minimum absolute atomic E-state index is 0.0355. The zero-order chi connectivity index (χ0) is 18.2. The maximum Gasteiger partial charge on any atom is 0.320 e. The van der Waals surface area contributed by atoms with Crippen molar-refractivity contribution >= 4 is 11.9 Å². The Morgan fingerprint density at radius 2 is 2.00 bits per heavy atom. The topological polar surface area (TPSA) is 78.7 Å². The smallest absolute Gasteiger partial charge is 0.320 e. The monoisotopic (exact) mass is 348 g/mol. The molecule has 1 amide bonds. The number of carboxylic acid groups (broad SMARTS) is 1. The molecular formula is C18H28N4O3. The lowest BCUT2D eigenvalue weighted by Gasteiger charge is -2.39. The number of amides is 1. The van der Waals surface area contributed by atoms with Gasteiger partial charge in [0.1, 0.15) is 11.7 Å². The fraction of sp³-hybridized carbons (Fsp3) is 0.722. The number of carbonyl (C=O) groups is 2.